The number of hydrogen-bond donors (Lipinski definition) is 3. The van der Waals surface area contributed by atoms with E-state index in [1.807, 2.05) is 19.1 Å². The molecule has 5 nitrogen and oxygen atoms in total. The molecule has 0 saturated heterocycles. The molecule has 0 spiro atoms. The Morgan fingerprint density at radius 1 is 1.38 bits per heavy atom. The Morgan fingerprint density at radius 2 is 2.04 bits per heavy atom. The number of amides is 1. The summed E-state index contributed by atoms with van der Waals surface area (Å²) in [5, 5.41) is 3.21. The zero-order chi connectivity index (χ0) is 17.8. The summed E-state index contributed by atoms with van der Waals surface area (Å²) in [7, 11) is 0. The Balaban J connectivity index is 2.08. The molecule has 1 amide bonds. The lowest BCUT2D eigenvalue weighted by molar-refractivity contribution is -0.124. The van der Waals surface area contributed by atoms with Gasteiger partial charge < -0.3 is 16.8 Å². The van der Waals surface area contributed by atoms with Gasteiger partial charge in [-0.15, -0.1) is 0 Å². The molecule has 128 valence electrons. The van der Waals surface area contributed by atoms with E-state index in [0.717, 1.165) is 17.7 Å². The minimum atomic E-state index is -0.515. The van der Waals surface area contributed by atoms with Gasteiger partial charge in [-0.1, -0.05) is 6.92 Å². The number of nitrogens with one attached hydrogen (secondary N) is 1. The molecule has 1 heterocycles. The molecule has 3 aliphatic rings. The number of carbonyl (C=O) groups excluding carboxylic acids is 1. The molecule has 0 fully saturated rings. The molecule has 0 aliphatic heterocycles. The van der Waals surface area contributed by atoms with Crippen LogP contribution in [0, 0.1) is 12.8 Å². The van der Waals surface area contributed by atoms with Gasteiger partial charge in [-0.3, -0.25) is 4.79 Å². The lowest BCUT2D eigenvalue weighted by atomic mass is 9.55. The van der Waals surface area contributed by atoms with E-state index in [0.29, 0.717) is 5.82 Å². The van der Waals surface area contributed by atoms with Crippen LogP contribution in [-0.2, 0) is 4.79 Å². The third-order valence-corrected chi connectivity index (χ3v) is 5.76. The molecule has 2 unspecified atom stereocenters. The van der Waals surface area contributed by atoms with Crippen molar-refractivity contribution in [3.05, 3.63) is 40.1 Å². The molecule has 0 saturated carbocycles. The monoisotopic (exact) mass is 326 g/mol. The average Bonchev–Trinajstić information content (AvgIpc) is 2.50. The Bertz CT molecular complexity index is 791. The zero-order valence-electron chi connectivity index (χ0n) is 15.0. The van der Waals surface area contributed by atoms with E-state index in [-0.39, 0.29) is 17.4 Å². The van der Waals surface area contributed by atoms with Crippen LogP contribution >= 0.6 is 0 Å². The standard InChI is InChI=1S/C19H26N4O/c1-9-15-8-19(10(15)2,23-18(24)12(4)20)11(3)17(9)14-6-7-16(21)22-13(14)5/h6-7,11-12H,8,20H2,1-5H3,(H2,21,22)(H,23,24)/t11?,12-,19?/m0/s1. The quantitative estimate of drug-likeness (QED) is 0.794. The van der Waals surface area contributed by atoms with Crippen LogP contribution in [0.15, 0.2) is 28.9 Å². The average molecular weight is 326 g/mol. The summed E-state index contributed by atoms with van der Waals surface area (Å²) in [4.78, 5) is 16.7. The van der Waals surface area contributed by atoms with Crippen LogP contribution < -0.4 is 16.8 Å². The van der Waals surface area contributed by atoms with E-state index in [1.54, 1.807) is 6.92 Å². The lowest BCUT2D eigenvalue weighted by Gasteiger charge is -2.55. The zero-order valence-corrected chi connectivity index (χ0v) is 15.0. The number of allylic oxidation sites excluding steroid dienone is 1. The maximum absolute atomic E-state index is 12.3. The molecule has 0 aromatic carbocycles. The van der Waals surface area contributed by atoms with Crippen molar-refractivity contribution in [2.24, 2.45) is 11.7 Å². The summed E-state index contributed by atoms with van der Waals surface area (Å²) in [5.74, 6) is 0.576. The molecule has 4 rings (SSSR count). The number of anilines is 1. The normalized spacial score (nSPS) is 27.0. The highest BCUT2D eigenvalue weighted by Gasteiger charge is 2.53. The molecular weight excluding hydrogens is 300 g/mol. The van der Waals surface area contributed by atoms with Crippen LogP contribution in [0.5, 0.6) is 0 Å². The van der Waals surface area contributed by atoms with E-state index in [1.165, 1.54) is 22.3 Å². The van der Waals surface area contributed by atoms with Crippen LogP contribution in [0.3, 0.4) is 0 Å². The van der Waals surface area contributed by atoms with Crippen LogP contribution in [0.4, 0.5) is 5.82 Å². The largest absolute Gasteiger partial charge is 0.384 e. The number of fused-ring (bicyclic) bond motifs is 1. The van der Waals surface area contributed by atoms with Gasteiger partial charge >= 0.3 is 0 Å². The van der Waals surface area contributed by atoms with E-state index >= 15 is 0 Å². The van der Waals surface area contributed by atoms with Gasteiger partial charge in [-0.25, -0.2) is 4.98 Å². The summed E-state index contributed by atoms with van der Waals surface area (Å²) >= 11 is 0. The van der Waals surface area contributed by atoms with Gasteiger partial charge in [0.15, 0.2) is 0 Å². The third kappa shape index (κ3) is 2.18. The van der Waals surface area contributed by atoms with Crippen molar-refractivity contribution in [3.63, 3.8) is 0 Å². The number of rotatable bonds is 3. The van der Waals surface area contributed by atoms with Gasteiger partial charge in [0.1, 0.15) is 5.82 Å². The van der Waals surface area contributed by atoms with E-state index in [9.17, 15) is 4.79 Å². The molecule has 1 aromatic rings. The van der Waals surface area contributed by atoms with Crippen molar-refractivity contribution in [1.82, 2.24) is 10.3 Å². The predicted molar refractivity (Wildman–Crippen MR) is 97.0 cm³/mol. The first-order valence-corrected chi connectivity index (χ1v) is 8.41. The van der Waals surface area contributed by atoms with E-state index < -0.39 is 6.04 Å². The van der Waals surface area contributed by atoms with Crippen molar-refractivity contribution >= 4 is 17.3 Å². The topological polar surface area (TPSA) is 94.0 Å². The molecule has 2 bridgehead atoms. The van der Waals surface area contributed by atoms with Gasteiger partial charge in [0.2, 0.25) is 5.91 Å². The van der Waals surface area contributed by atoms with Gasteiger partial charge in [-0.2, -0.15) is 0 Å². The lowest BCUT2D eigenvalue weighted by Crippen LogP contribution is -2.63. The number of aryl methyl sites for hydroxylation is 1. The number of hydrogen-bond acceptors (Lipinski definition) is 4. The van der Waals surface area contributed by atoms with Gasteiger partial charge in [0.25, 0.3) is 0 Å². The number of pyridine rings is 1. The number of carbonyl (C=O) groups is 1. The van der Waals surface area contributed by atoms with Crippen molar-refractivity contribution < 1.29 is 4.79 Å². The van der Waals surface area contributed by atoms with Gasteiger partial charge in [0.05, 0.1) is 11.6 Å². The van der Waals surface area contributed by atoms with Crippen molar-refractivity contribution in [3.8, 4) is 0 Å². The first-order chi connectivity index (χ1) is 11.2. The second-order valence-electron chi connectivity index (χ2n) is 7.16. The summed E-state index contributed by atoms with van der Waals surface area (Å²) in [6, 6.07) is 3.36. The Hall–Kier alpha value is -2.14. The smallest absolute Gasteiger partial charge is 0.237 e. The van der Waals surface area contributed by atoms with E-state index in [2.05, 4.69) is 31.1 Å². The summed E-state index contributed by atoms with van der Waals surface area (Å²) in [5.41, 5.74) is 18.4. The number of nitrogen functional groups attached to an aromatic ring is 1. The Labute approximate surface area is 143 Å². The molecule has 24 heavy (non-hydrogen) atoms. The second kappa shape index (κ2) is 5.45. The number of nitrogens with two attached hydrogens (primary N) is 2. The second-order valence-corrected chi connectivity index (χ2v) is 7.16. The Kier molecular flexibility index (Phi) is 3.79. The summed E-state index contributed by atoms with van der Waals surface area (Å²) in [6.45, 7) is 10.2. The third-order valence-electron chi connectivity index (χ3n) is 5.76. The van der Waals surface area contributed by atoms with Crippen LogP contribution in [0.1, 0.15) is 45.4 Å². The maximum atomic E-state index is 12.3. The fourth-order valence-electron chi connectivity index (χ4n) is 4.21. The minimum Gasteiger partial charge on any atom is -0.384 e. The first-order valence-electron chi connectivity index (χ1n) is 8.41. The van der Waals surface area contributed by atoms with Crippen LogP contribution in [0.25, 0.3) is 5.57 Å². The highest BCUT2D eigenvalue weighted by atomic mass is 16.2. The van der Waals surface area contributed by atoms with Gasteiger partial charge in [-0.05, 0) is 67.7 Å². The number of nitrogens with zero attached hydrogens (tertiary/aromatic N) is 1. The fourth-order valence-corrected chi connectivity index (χ4v) is 4.21. The predicted octanol–water partition coefficient (Wildman–Crippen LogP) is 2.32. The molecule has 5 N–H and O–H groups in total. The van der Waals surface area contributed by atoms with Crippen LogP contribution in [0.2, 0.25) is 0 Å². The molecule has 5 heteroatoms. The van der Waals surface area contributed by atoms with Crippen molar-refractivity contribution in [2.45, 2.75) is 52.6 Å². The Morgan fingerprint density at radius 3 is 2.58 bits per heavy atom. The number of aromatic nitrogens is 1. The SMILES string of the molecule is CC1=C(c2ccc(N)nc2C)C(C)C2(NC(=O)[C@H](C)N)CC1=C2C. The minimum absolute atomic E-state index is 0.105. The molecule has 0 radical (unpaired) electrons. The summed E-state index contributed by atoms with van der Waals surface area (Å²) < 4.78 is 0. The molecule has 3 atom stereocenters. The fraction of sp³-hybridized carbons (Fsp3) is 0.474. The maximum Gasteiger partial charge on any atom is 0.237 e. The van der Waals surface area contributed by atoms with Gasteiger partial charge in [0, 0.05) is 18.0 Å². The summed E-state index contributed by atoms with van der Waals surface area (Å²) in [6.07, 6.45) is 0.870. The van der Waals surface area contributed by atoms with Crippen LogP contribution in [-0.4, -0.2) is 22.5 Å². The molecule has 1 aromatic heterocycles. The molecule has 3 aliphatic carbocycles. The van der Waals surface area contributed by atoms with E-state index in [4.69, 9.17) is 11.5 Å². The van der Waals surface area contributed by atoms with Crippen molar-refractivity contribution in [1.29, 1.82) is 0 Å². The van der Waals surface area contributed by atoms with Crippen molar-refractivity contribution in [2.75, 3.05) is 5.73 Å². The highest BCUT2D eigenvalue weighted by molar-refractivity contribution is 5.87. The highest BCUT2D eigenvalue weighted by Crippen LogP contribution is 2.57. The molecular formula is C19H26N4O. The first kappa shape index (κ1) is 16.7.